The van der Waals surface area contributed by atoms with Crippen molar-refractivity contribution < 1.29 is 13.9 Å². The number of hydrogen-bond acceptors (Lipinski definition) is 2. The maximum Gasteiger partial charge on any atom is 0.341 e. The van der Waals surface area contributed by atoms with E-state index in [2.05, 4.69) is 0 Å². The van der Waals surface area contributed by atoms with Crippen LogP contribution in [-0.4, -0.2) is 12.6 Å². The highest BCUT2D eigenvalue weighted by molar-refractivity contribution is 6.17. The fraction of sp³-hybridized carbons (Fsp3) is 0.105. The van der Waals surface area contributed by atoms with E-state index in [0.717, 1.165) is 5.56 Å². The van der Waals surface area contributed by atoms with Gasteiger partial charge in [-0.25, -0.2) is 9.18 Å². The van der Waals surface area contributed by atoms with Crippen molar-refractivity contribution in [3.63, 3.8) is 0 Å². The fourth-order valence-electron chi connectivity index (χ4n) is 1.98. The number of carbonyl (C=O) groups is 1. The van der Waals surface area contributed by atoms with Crippen LogP contribution >= 0.6 is 0 Å². The van der Waals surface area contributed by atoms with Gasteiger partial charge in [0, 0.05) is 0 Å². The van der Waals surface area contributed by atoms with E-state index in [1.165, 1.54) is 6.08 Å². The van der Waals surface area contributed by atoms with Crippen LogP contribution < -0.4 is 0 Å². The van der Waals surface area contributed by atoms with Crippen molar-refractivity contribution in [3.05, 3.63) is 83.7 Å². The summed E-state index contributed by atoms with van der Waals surface area (Å²) in [5.41, 5.74) is 1.29. The highest BCUT2D eigenvalue weighted by Gasteiger charge is 2.17. The predicted octanol–water partition coefficient (Wildman–Crippen LogP) is 4.64. The molecule has 0 atom stereocenters. The van der Waals surface area contributed by atoms with Crippen LogP contribution in [0.5, 0.6) is 0 Å². The first-order chi connectivity index (χ1) is 10.7. The number of allylic oxidation sites excluding steroid dienone is 2. The van der Waals surface area contributed by atoms with Crippen LogP contribution in [-0.2, 0) is 9.53 Å². The number of esters is 1. The summed E-state index contributed by atoms with van der Waals surface area (Å²) < 4.78 is 19.5. The summed E-state index contributed by atoms with van der Waals surface area (Å²) >= 11 is 0. The Morgan fingerprint density at radius 3 is 2.23 bits per heavy atom. The third-order valence-electron chi connectivity index (χ3n) is 3.00. The highest BCUT2D eigenvalue weighted by Crippen LogP contribution is 2.23. The molecule has 0 unspecified atom stereocenters. The second-order valence-corrected chi connectivity index (χ2v) is 4.55. The van der Waals surface area contributed by atoms with Gasteiger partial charge in [-0.15, -0.1) is 0 Å². The Kier molecular flexibility index (Phi) is 5.66. The van der Waals surface area contributed by atoms with Crippen LogP contribution in [0, 0.1) is 0 Å². The van der Waals surface area contributed by atoms with Crippen molar-refractivity contribution in [2.45, 2.75) is 6.92 Å². The Morgan fingerprint density at radius 1 is 1.05 bits per heavy atom. The quantitative estimate of drug-likeness (QED) is 0.456. The van der Waals surface area contributed by atoms with Crippen LogP contribution in [0.4, 0.5) is 4.39 Å². The molecule has 0 heterocycles. The van der Waals surface area contributed by atoms with Gasteiger partial charge < -0.3 is 4.74 Å². The molecule has 0 N–H and O–H groups in total. The van der Waals surface area contributed by atoms with Crippen molar-refractivity contribution in [2.75, 3.05) is 6.61 Å². The van der Waals surface area contributed by atoms with Crippen molar-refractivity contribution in [2.24, 2.45) is 0 Å². The van der Waals surface area contributed by atoms with E-state index >= 15 is 0 Å². The lowest BCUT2D eigenvalue weighted by Gasteiger charge is -2.07. The van der Waals surface area contributed by atoms with E-state index in [-0.39, 0.29) is 12.2 Å². The van der Waals surface area contributed by atoms with E-state index in [4.69, 9.17) is 4.74 Å². The van der Waals surface area contributed by atoms with Crippen molar-refractivity contribution >= 4 is 17.6 Å². The van der Waals surface area contributed by atoms with Crippen molar-refractivity contribution in [1.29, 1.82) is 0 Å². The number of rotatable bonds is 5. The smallest absolute Gasteiger partial charge is 0.341 e. The average molecular weight is 296 g/mol. The first-order valence-electron chi connectivity index (χ1n) is 7.08. The molecule has 2 rings (SSSR count). The molecule has 112 valence electrons. The average Bonchev–Trinajstić information content (AvgIpc) is 2.55. The van der Waals surface area contributed by atoms with Crippen LogP contribution in [0.1, 0.15) is 18.1 Å². The van der Waals surface area contributed by atoms with Crippen LogP contribution in [0.25, 0.3) is 11.6 Å². The Hall–Kier alpha value is -2.68. The number of carbonyl (C=O) groups excluding carboxylic acids is 1. The molecule has 2 aromatic carbocycles. The molecule has 2 aromatic rings. The highest BCUT2D eigenvalue weighted by atomic mass is 19.1. The second-order valence-electron chi connectivity index (χ2n) is 4.55. The van der Waals surface area contributed by atoms with Gasteiger partial charge in [0.15, 0.2) is 0 Å². The lowest BCUT2D eigenvalue weighted by molar-refractivity contribution is -0.136. The van der Waals surface area contributed by atoms with Gasteiger partial charge in [0.2, 0.25) is 0 Å². The number of halogens is 1. The summed E-state index contributed by atoms with van der Waals surface area (Å²) in [5, 5.41) is 0. The van der Waals surface area contributed by atoms with Crippen LogP contribution in [0.15, 0.2) is 72.6 Å². The molecule has 22 heavy (non-hydrogen) atoms. The summed E-state index contributed by atoms with van der Waals surface area (Å²) in [5.74, 6) is -1.28. The molecule has 2 nitrogen and oxygen atoms in total. The molecular formula is C19H17FO2. The van der Waals surface area contributed by atoms with Gasteiger partial charge in [-0.3, -0.25) is 0 Å². The van der Waals surface area contributed by atoms with E-state index in [9.17, 15) is 9.18 Å². The van der Waals surface area contributed by atoms with E-state index < -0.39 is 11.8 Å². The standard InChI is InChI=1S/C19H17FO2/c1-2-22-19(21)18(16-11-7-4-8-12-16)17(20)14-13-15-9-5-3-6-10-15/h3-14H,2H2,1H3/b14-13+,18-17+. The second kappa shape index (κ2) is 7.93. The van der Waals surface area contributed by atoms with Crippen molar-refractivity contribution in [1.82, 2.24) is 0 Å². The Bertz CT molecular complexity index is 673. The van der Waals surface area contributed by atoms with Gasteiger partial charge in [-0.1, -0.05) is 66.7 Å². The first-order valence-corrected chi connectivity index (χ1v) is 7.08. The molecule has 3 heteroatoms. The summed E-state index contributed by atoms with van der Waals surface area (Å²) in [7, 11) is 0. The molecule has 0 radical (unpaired) electrons. The molecule has 0 bridgehead atoms. The maximum atomic E-state index is 14.5. The molecule has 0 aliphatic rings. The molecule has 0 spiro atoms. The minimum Gasteiger partial charge on any atom is -0.462 e. The fourth-order valence-corrected chi connectivity index (χ4v) is 1.98. The molecule has 0 aliphatic carbocycles. The molecule has 0 saturated carbocycles. The zero-order chi connectivity index (χ0) is 15.8. The zero-order valence-corrected chi connectivity index (χ0v) is 12.3. The number of hydrogen-bond donors (Lipinski definition) is 0. The summed E-state index contributed by atoms with van der Waals surface area (Å²) in [6.07, 6.45) is 2.91. The lowest BCUT2D eigenvalue weighted by atomic mass is 10.0. The van der Waals surface area contributed by atoms with Gasteiger partial charge in [-0.2, -0.15) is 0 Å². The minimum atomic E-state index is -0.663. The van der Waals surface area contributed by atoms with Crippen molar-refractivity contribution in [3.8, 4) is 0 Å². The molecule has 0 amide bonds. The number of benzene rings is 2. The van der Waals surface area contributed by atoms with E-state index in [1.54, 1.807) is 37.3 Å². The zero-order valence-electron chi connectivity index (χ0n) is 12.3. The normalized spacial score (nSPS) is 12.1. The predicted molar refractivity (Wildman–Crippen MR) is 86.6 cm³/mol. The molecule has 0 aromatic heterocycles. The molecule has 0 fully saturated rings. The maximum absolute atomic E-state index is 14.5. The van der Waals surface area contributed by atoms with E-state index in [0.29, 0.717) is 5.56 Å². The lowest BCUT2D eigenvalue weighted by Crippen LogP contribution is -2.08. The van der Waals surface area contributed by atoms with Crippen LogP contribution in [0.2, 0.25) is 0 Å². The van der Waals surface area contributed by atoms with Gasteiger partial charge >= 0.3 is 5.97 Å². The first kappa shape index (κ1) is 15.7. The van der Waals surface area contributed by atoms with Gasteiger partial charge in [0.05, 0.1) is 6.61 Å². The third kappa shape index (κ3) is 4.16. The number of ether oxygens (including phenoxy) is 1. The van der Waals surface area contributed by atoms with E-state index in [1.807, 2.05) is 36.4 Å². The van der Waals surface area contributed by atoms with Gasteiger partial charge in [-0.05, 0) is 24.1 Å². The summed E-state index contributed by atoms with van der Waals surface area (Å²) in [6, 6.07) is 18.0. The summed E-state index contributed by atoms with van der Waals surface area (Å²) in [6.45, 7) is 1.89. The Balaban J connectivity index is 2.38. The van der Waals surface area contributed by atoms with Gasteiger partial charge in [0.25, 0.3) is 0 Å². The topological polar surface area (TPSA) is 26.3 Å². The summed E-state index contributed by atoms with van der Waals surface area (Å²) in [4.78, 5) is 12.0. The SMILES string of the molecule is CCOC(=O)/C(=C(F)\C=C\c1ccccc1)c1ccccc1. The Morgan fingerprint density at radius 2 is 1.64 bits per heavy atom. The van der Waals surface area contributed by atoms with Crippen LogP contribution in [0.3, 0.4) is 0 Å². The monoisotopic (exact) mass is 296 g/mol. The molecule has 0 saturated heterocycles. The minimum absolute atomic E-state index is 0.0605. The van der Waals surface area contributed by atoms with Gasteiger partial charge in [0.1, 0.15) is 11.4 Å². The third-order valence-corrected chi connectivity index (χ3v) is 3.00. The Labute approximate surface area is 129 Å². The molecule has 0 aliphatic heterocycles. The molecular weight excluding hydrogens is 279 g/mol. The largest absolute Gasteiger partial charge is 0.462 e.